The summed E-state index contributed by atoms with van der Waals surface area (Å²) in [4.78, 5) is 35.3. The third-order valence-corrected chi connectivity index (χ3v) is 5.10. The highest BCUT2D eigenvalue weighted by atomic mass is 19.1. The van der Waals surface area contributed by atoms with E-state index in [0.717, 1.165) is 63.9 Å². The Morgan fingerprint density at radius 3 is 2.13 bits per heavy atom. The Balaban J connectivity index is 2.69. The van der Waals surface area contributed by atoms with Gasteiger partial charge in [0.15, 0.2) is 11.9 Å². The van der Waals surface area contributed by atoms with Gasteiger partial charge in [-0.15, -0.1) is 0 Å². The minimum Gasteiger partial charge on any atom is -0.482 e. The van der Waals surface area contributed by atoms with E-state index in [9.17, 15) is 18.8 Å². The van der Waals surface area contributed by atoms with E-state index in [-0.39, 0.29) is 29.9 Å². The molecule has 6 heteroatoms. The van der Waals surface area contributed by atoms with Gasteiger partial charge in [0, 0.05) is 12.5 Å². The largest absolute Gasteiger partial charge is 0.482 e. The van der Waals surface area contributed by atoms with Gasteiger partial charge in [-0.05, 0) is 31.4 Å². The summed E-state index contributed by atoms with van der Waals surface area (Å²) in [7, 11) is 0. The third kappa shape index (κ3) is 9.51. The quantitative estimate of drug-likeness (QED) is 0.185. The maximum atomic E-state index is 14.4. The Morgan fingerprint density at radius 2 is 1.53 bits per heavy atom. The summed E-state index contributed by atoms with van der Waals surface area (Å²) in [5, 5.41) is 9.05. The summed E-state index contributed by atoms with van der Waals surface area (Å²) in [5.41, 5.74) is -0.00381. The molecule has 0 aliphatic rings. The van der Waals surface area contributed by atoms with Crippen molar-refractivity contribution in [2.45, 2.75) is 97.0 Å². The van der Waals surface area contributed by atoms with Crippen molar-refractivity contribution in [2.75, 3.05) is 0 Å². The summed E-state index contributed by atoms with van der Waals surface area (Å²) in [6.07, 6.45) is 9.08. The van der Waals surface area contributed by atoms with Gasteiger partial charge in [0.1, 0.15) is 11.6 Å². The van der Waals surface area contributed by atoms with E-state index >= 15 is 0 Å². The van der Waals surface area contributed by atoms with Crippen LogP contribution in [0, 0.1) is 5.82 Å². The molecule has 0 radical (unpaired) electrons. The molecule has 0 fully saturated rings. The smallest absolute Gasteiger partial charge is 0.376 e. The van der Waals surface area contributed by atoms with Gasteiger partial charge in [-0.1, -0.05) is 65.2 Å². The topological polar surface area (TPSA) is 80.7 Å². The maximum absolute atomic E-state index is 14.4. The number of carboxylic acid groups (broad SMARTS) is 1. The fraction of sp³-hybridized carbons (Fsp3) is 0.625. The van der Waals surface area contributed by atoms with E-state index in [1.54, 1.807) is 0 Å². The fourth-order valence-corrected chi connectivity index (χ4v) is 3.30. The Hall–Kier alpha value is -2.24. The van der Waals surface area contributed by atoms with Crippen LogP contribution < -0.4 is 4.74 Å². The van der Waals surface area contributed by atoms with Crippen molar-refractivity contribution in [2.24, 2.45) is 0 Å². The molecule has 0 aromatic heterocycles. The molecule has 1 rings (SSSR count). The molecule has 5 nitrogen and oxygen atoms in total. The van der Waals surface area contributed by atoms with Crippen LogP contribution in [-0.2, 0) is 9.59 Å². The van der Waals surface area contributed by atoms with E-state index in [1.807, 2.05) is 0 Å². The lowest BCUT2D eigenvalue weighted by atomic mass is 10.0. The molecule has 1 aromatic carbocycles. The van der Waals surface area contributed by atoms with E-state index in [4.69, 9.17) is 9.84 Å². The summed E-state index contributed by atoms with van der Waals surface area (Å²) >= 11 is 0. The zero-order chi connectivity index (χ0) is 22.4. The minimum absolute atomic E-state index is 0.00381. The van der Waals surface area contributed by atoms with Crippen LogP contribution in [0.3, 0.4) is 0 Å². The molecule has 0 aliphatic heterocycles. The van der Waals surface area contributed by atoms with Crippen LogP contribution in [0.25, 0.3) is 0 Å². The molecule has 1 atom stereocenters. The van der Waals surface area contributed by atoms with Crippen molar-refractivity contribution >= 4 is 17.5 Å². The van der Waals surface area contributed by atoms with Gasteiger partial charge in [-0.25, -0.2) is 9.18 Å². The molecule has 30 heavy (non-hydrogen) atoms. The van der Waals surface area contributed by atoms with Crippen molar-refractivity contribution in [3.63, 3.8) is 0 Å². The van der Waals surface area contributed by atoms with Crippen LogP contribution in [0.4, 0.5) is 4.39 Å². The monoisotopic (exact) mass is 422 g/mol. The number of hydrogen-bond donors (Lipinski definition) is 1. The van der Waals surface area contributed by atoms with E-state index in [0.29, 0.717) is 6.42 Å². The van der Waals surface area contributed by atoms with Crippen LogP contribution >= 0.6 is 0 Å². The predicted octanol–water partition coefficient (Wildman–Crippen LogP) is 6.13. The van der Waals surface area contributed by atoms with E-state index in [1.165, 1.54) is 12.1 Å². The lowest BCUT2D eigenvalue weighted by Gasteiger charge is -2.17. The van der Waals surface area contributed by atoms with Crippen molar-refractivity contribution in [3.8, 4) is 5.75 Å². The SMILES string of the molecule is CCCCCCCCC(Oc1ccc(C(=O)CCCCCC)c(F)c1)C(=O)C(=O)O. The molecule has 1 aromatic rings. The summed E-state index contributed by atoms with van der Waals surface area (Å²) in [6.45, 7) is 4.20. The summed E-state index contributed by atoms with van der Waals surface area (Å²) in [6, 6.07) is 3.83. The van der Waals surface area contributed by atoms with Gasteiger partial charge >= 0.3 is 5.97 Å². The van der Waals surface area contributed by atoms with Gasteiger partial charge in [0.05, 0.1) is 5.56 Å². The van der Waals surface area contributed by atoms with Crippen molar-refractivity contribution < 1.29 is 28.6 Å². The number of ether oxygens (including phenoxy) is 1. The van der Waals surface area contributed by atoms with Crippen LogP contribution in [0.1, 0.15) is 101 Å². The first-order chi connectivity index (χ1) is 14.4. The number of hydrogen-bond acceptors (Lipinski definition) is 4. The van der Waals surface area contributed by atoms with Crippen molar-refractivity contribution in [3.05, 3.63) is 29.6 Å². The Morgan fingerprint density at radius 1 is 0.933 bits per heavy atom. The van der Waals surface area contributed by atoms with Crippen LogP contribution in [0.5, 0.6) is 5.75 Å². The fourth-order valence-electron chi connectivity index (χ4n) is 3.30. The van der Waals surface area contributed by atoms with Crippen LogP contribution in [-0.4, -0.2) is 28.7 Å². The Bertz CT molecular complexity index is 686. The Kier molecular flexibility index (Phi) is 12.6. The number of halogens is 1. The molecule has 0 aliphatic carbocycles. The molecule has 0 heterocycles. The van der Waals surface area contributed by atoms with Crippen LogP contribution in [0.15, 0.2) is 18.2 Å². The number of benzene rings is 1. The van der Waals surface area contributed by atoms with Crippen molar-refractivity contribution in [1.82, 2.24) is 0 Å². The summed E-state index contributed by atoms with van der Waals surface area (Å²) in [5.74, 6) is -3.53. The average Bonchev–Trinajstić information content (AvgIpc) is 2.72. The number of carbonyl (C=O) groups excluding carboxylic acids is 2. The molecule has 0 spiro atoms. The number of Topliss-reactive ketones (excluding diaryl/α,β-unsaturated/α-hetero) is 2. The highest BCUT2D eigenvalue weighted by molar-refractivity contribution is 6.34. The predicted molar refractivity (Wildman–Crippen MR) is 115 cm³/mol. The highest BCUT2D eigenvalue weighted by Gasteiger charge is 2.27. The van der Waals surface area contributed by atoms with Crippen molar-refractivity contribution in [1.29, 1.82) is 0 Å². The maximum Gasteiger partial charge on any atom is 0.376 e. The second kappa shape index (κ2) is 14.7. The zero-order valence-electron chi connectivity index (χ0n) is 18.3. The van der Waals surface area contributed by atoms with Gasteiger partial charge in [-0.2, -0.15) is 0 Å². The normalized spacial score (nSPS) is 11.8. The van der Waals surface area contributed by atoms with Gasteiger partial charge in [-0.3, -0.25) is 9.59 Å². The van der Waals surface area contributed by atoms with Gasteiger partial charge in [0.25, 0.3) is 5.78 Å². The van der Waals surface area contributed by atoms with E-state index < -0.39 is 23.7 Å². The first-order valence-electron chi connectivity index (χ1n) is 11.2. The number of rotatable bonds is 17. The lowest BCUT2D eigenvalue weighted by molar-refractivity contribution is -0.152. The number of carbonyl (C=O) groups is 3. The van der Waals surface area contributed by atoms with Gasteiger partial charge in [0.2, 0.25) is 0 Å². The second-order valence-corrected chi connectivity index (χ2v) is 7.71. The zero-order valence-corrected chi connectivity index (χ0v) is 18.3. The van der Waals surface area contributed by atoms with Crippen LogP contribution in [0.2, 0.25) is 0 Å². The van der Waals surface area contributed by atoms with E-state index in [2.05, 4.69) is 13.8 Å². The Labute approximate surface area is 179 Å². The van der Waals surface area contributed by atoms with Gasteiger partial charge < -0.3 is 9.84 Å². The molecular formula is C24H35FO5. The molecule has 0 saturated heterocycles. The molecule has 0 bridgehead atoms. The summed E-state index contributed by atoms with van der Waals surface area (Å²) < 4.78 is 19.9. The molecule has 1 N–H and O–H groups in total. The highest BCUT2D eigenvalue weighted by Crippen LogP contribution is 2.22. The molecule has 1 unspecified atom stereocenters. The number of unbranched alkanes of at least 4 members (excludes halogenated alkanes) is 8. The third-order valence-electron chi connectivity index (χ3n) is 5.10. The standard InChI is InChI=1S/C24H35FO5/c1-3-5-7-9-10-12-14-22(23(27)24(28)29)30-18-15-16-19(20(25)17-18)21(26)13-11-8-6-4-2/h15-17,22H,3-14H2,1-2H3,(H,28,29). The number of carboxylic acids is 1. The number of ketones is 2. The first-order valence-corrected chi connectivity index (χ1v) is 11.2. The molecule has 0 saturated carbocycles. The lowest BCUT2D eigenvalue weighted by Crippen LogP contribution is -2.33. The molecule has 168 valence electrons. The minimum atomic E-state index is -1.56. The molecule has 0 amide bonds. The molecular weight excluding hydrogens is 387 g/mol. The second-order valence-electron chi connectivity index (χ2n) is 7.71. The number of aliphatic carboxylic acids is 1. The first kappa shape index (κ1) is 25.8. The average molecular weight is 423 g/mol.